The second kappa shape index (κ2) is 7.07. The molecule has 0 radical (unpaired) electrons. The average Bonchev–Trinajstić information content (AvgIpc) is 3.08. The van der Waals surface area contributed by atoms with E-state index in [-0.39, 0.29) is 0 Å². The van der Waals surface area contributed by atoms with Gasteiger partial charge in [-0.1, -0.05) is 31.4 Å². The van der Waals surface area contributed by atoms with Crippen LogP contribution in [-0.4, -0.2) is 22.9 Å². The monoisotopic (exact) mass is 282 g/mol. The molecule has 1 saturated carbocycles. The fourth-order valence-electron chi connectivity index (χ4n) is 2.87. The number of nitrogens with one attached hydrogen (secondary N) is 2. The summed E-state index contributed by atoms with van der Waals surface area (Å²) in [5.41, 5.74) is 3.02. The Bertz CT molecular complexity index is 551. The Morgan fingerprint density at radius 3 is 2.71 bits per heavy atom. The van der Waals surface area contributed by atoms with Gasteiger partial charge in [0, 0.05) is 18.3 Å². The first-order valence-corrected chi connectivity index (χ1v) is 7.77. The minimum atomic E-state index is 0.826. The van der Waals surface area contributed by atoms with Crippen LogP contribution in [0.1, 0.15) is 32.1 Å². The lowest BCUT2D eigenvalue weighted by Gasteiger charge is -2.20. The quantitative estimate of drug-likeness (QED) is 0.645. The van der Waals surface area contributed by atoms with E-state index in [1.807, 2.05) is 36.8 Å². The number of aromatic amines is 1. The van der Waals surface area contributed by atoms with Crippen molar-refractivity contribution >= 4 is 12.0 Å². The first-order valence-electron chi connectivity index (χ1n) is 7.77. The number of nitrogens with zero attached hydrogens (tertiary/aromatic N) is 2. The lowest BCUT2D eigenvalue weighted by Crippen LogP contribution is -2.23. The summed E-state index contributed by atoms with van der Waals surface area (Å²) in [7, 11) is 0. The Kier molecular flexibility index (Phi) is 4.66. The first-order chi connectivity index (χ1) is 10.4. The molecule has 1 heterocycles. The highest BCUT2D eigenvalue weighted by Crippen LogP contribution is 2.23. The predicted octanol–water partition coefficient (Wildman–Crippen LogP) is 3.91. The molecule has 1 fully saturated rings. The number of aromatic nitrogens is 2. The van der Waals surface area contributed by atoms with E-state index < -0.39 is 0 Å². The van der Waals surface area contributed by atoms with Gasteiger partial charge in [0.05, 0.1) is 24.0 Å². The van der Waals surface area contributed by atoms with E-state index in [9.17, 15) is 0 Å². The van der Waals surface area contributed by atoms with Gasteiger partial charge in [-0.05, 0) is 30.9 Å². The molecule has 0 amide bonds. The van der Waals surface area contributed by atoms with Gasteiger partial charge in [-0.3, -0.25) is 0 Å². The third-order valence-corrected chi connectivity index (χ3v) is 4.10. The van der Waals surface area contributed by atoms with Crippen LogP contribution in [0.15, 0.2) is 41.8 Å². The van der Waals surface area contributed by atoms with Gasteiger partial charge in [0.15, 0.2) is 0 Å². The van der Waals surface area contributed by atoms with Crippen molar-refractivity contribution in [2.45, 2.75) is 32.1 Å². The molecule has 0 atom stereocenters. The lowest BCUT2D eigenvalue weighted by molar-refractivity contribution is 0.357. The molecule has 2 N–H and O–H groups in total. The highest BCUT2D eigenvalue weighted by atomic mass is 14.9. The van der Waals surface area contributed by atoms with E-state index in [4.69, 9.17) is 0 Å². The van der Waals surface area contributed by atoms with Gasteiger partial charge in [0.1, 0.15) is 0 Å². The maximum Gasteiger partial charge on any atom is 0.0927 e. The fourth-order valence-corrected chi connectivity index (χ4v) is 2.87. The maximum atomic E-state index is 4.45. The molecule has 4 nitrogen and oxygen atoms in total. The van der Waals surface area contributed by atoms with Crippen LogP contribution in [0.25, 0.3) is 11.3 Å². The van der Waals surface area contributed by atoms with Crippen LogP contribution < -0.4 is 5.32 Å². The van der Waals surface area contributed by atoms with Gasteiger partial charge in [-0.15, -0.1) is 0 Å². The van der Waals surface area contributed by atoms with Crippen LogP contribution in [-0.2, 0) is 0 Å². The molecule has 1 aromatic heterocycles. The van der Waals surface area contributed by atoms with E-state index in [1.165, 1.54) is 32.1 Å². The van der Waals surface area contributed by atoms with Crippen LogP contribution in [0.2, 0.25) is 0 Å². The Hall–Kier alpha value is -2.10. The molecule has 0 spiro atoms. The van der Waals surface area contributed by atoms with E-state index in [1.54, 1.807) is 6.33 Å². The summed E-state index contributed by atoms with van der Waals surface area (Å²) in [6.07, 6.45) is 12.3. The summed E-state index contributed by atoms with van der Waals surface area (Å²) in [5.74, 6) is 0.826. The summed E-state index contributed by atoms with van der Waals surface area (Å²) < 4.78 is 0. The minimum absolute atomic E-state index is 0.826. The van der Waals surface area contributed by atoms with E-state index >= 15 is 0 Å². The molecular formula is C17H22N4. The summed E-state index contributed by atoms with van der Waals surface area (Å²) in [6.45, 7) is 1.05. The Balaban J connectivity index is 1.49. The van der Waals surface area contributed by atoms with Crippen molar-refractivity contribution in [3.63, 3.8) is 0 Å². The van der Waals surface area contributed by atoms with Crippen LogP contribution in [0.3, 0.4) is 0 Å². The van der Waals surface area contributed by atoms with Gasteiger partial charge in [0.25, 0.3) is 0 Å². The molecule has 1 aliphatic rings. The van der Waals surface area contributed by atoms with Gasteiger partial charge in [-0.25, -0.2) is 9.98 Å². The molecule has 1 aliphatic carbocycles. The van der Waals surface area contributed by atoms with E-state index in [0.717, 1.165) is 29.4 Å². The van der Waals surface area contributed by atoms with Crippen LogP contribution in [0, 0.1) is 5.92 Å². The number of imidazole rings is 1. The normalized spacial score (nSPS) is 16.4. The van der Waals surface area contributed by atoms with Crippen molar-refractivity contribution in [1.29, 1.82) is 0 Å². The highest BCUT2D eigenvalue weighted by molar-refractivity contribution is 5.65. The van der Waals surface area contributed by atoms with Gasteiger partial charge >= 0.3 is 0 Å². The second-order valence-corrected chi connectivity index (χ2v) is 5.67. The average molecular weight is 282 g/mol. The van der Waals surface area contributed by atoms with Crippen LogP contribution >= 0.6 is 0 Å². The molecule has 0 unspecified atom stereocenters. The predicted molar refractivity (Wildman–Crippen MR) is 86.8 cm³/mol. The third kappa shape index (κ3) is 3.94. The van der Waals surface area contributed by atoms with Crippen molar-refractivity contribution in [3.8, 4) is 11.3 Å². The Morgan fingerprint density at radius 1 is 1.19 bits per heavy atom. The second-order valence-electron chi connectivity index (χ2n) is 5.67. The van der Waals surface area contributed by atoms with E-state index in [2.05, 4.69) is 20.3 Å². The summed E-state index contributed by atoms with van der Waals surface area (Å²) in [4.78, 5) is 11.7. The number of hydrogen-bond acceptors (Lipinski definition) is 2. The minimum Gasteiger partial charge on any atom is -0.376 e. The zero-order valence-corrected chi connectivity index (χ0v) is 12.3. The van der Waals surface area contributed by atoms with Crippen molar-refractivity contribution in [2.75, 3.05) is 6.54 Å². The van der Waals surface area contributed by atoms with Crippen LogP contribution in [0.4, 0.5) is 5.69 Å². The van der Waals surface area contributed by atoms with Gasteiger partial charge in [-0.2, -0.15) is 0 Å². The first kappa shape index (κ1) is 13.9. The van der Waals surface area contributed by atoms with Gasteiger partial charge in [0.2, 0.25) is 0 Å². The SMILES string of the molecule is C(=N\c1ccc(-c2c[nH]cn2)cc1)/NCC1CCCCC1. The molecule has 21 heavy (non-hydrogen) atoms. The number of hydrogen-bond donors (Lipinski definition) is 2. The Labute approximate surface area is 125 Å². The molecule has 4 heteroatoms. The van der Waals surface area contributed by atoms with Gasteiger partial charge < -0.3 is 10.3 Å². The molecule has 1 aromatic carbocycles. The standard InChI is InChI=1S/C17H22N4/c1-2-4-14(5-3-1)10-18-12-20-16-8-6-15(7-9-16)17-11-19-13-21-17/h6-9,11-14H,1-5,10H2,(H,18,20)(H,19,21). The summed E-state index contributed by atoms with van der Waals surface area (Å²) in [6, 6.07) is 8.12. The number of benzene rings is 1. The zero-order chi connectivity index (χ0) is 14.3. The lowest BCUT2D eigenvalue weighted by atomic mass is 9.89. The number of H-pyrrole nitrogens is 1. The summed E-state index contributed by atoms with van der Waals surface area (Å²) >= 11 is 0. The molecular weight excluding hydrogens is 260 g/mol. The summed E-state index contributed by atoms with van der Waals surface area (Å²) in [5, 5.41) is 3.34. The van der Waals surface area contributed by atoms with E-state index in [0.29, 0.717) is 0 Å². The Morgan fingerprint density at radius 2 is 2.00 bits per heavy atom. The van der Waals surface area contributed by atoms with Crippen molar-refractivity contribution in [3.05, 3.63) is 36.8 Å². The number of aliphatic imine (C=N–C) groups is 1. The smallest absolute Gasteiger partial charge is 0.0927 e. The fraction of sp³-hybridized carbons (Fsp3) is 0.412. The largest absolute Gasteiger partial charge is 0.376 e. The van der Waals surface area contributed by atoms with Crippen LogP contribution in [0.5, 0.6) is 0 Å². The third-order valence-electron chi connectivity index (χ3n) is 4.10. The highest BCUT2D eigenvalue weighted by Gasteiger charge is 2.11. The number of rotatable bonds is 5. The molecule has 2 aromatic rings. The molecule has 0 aliphatic heterocycles. The molecule has 0 bridgehead atoms. The van der Waals surface area contributed by atoms with Crippen molar-refractivity contribution in [2.24, 2.45) is 10.9 Å². The van der Waals surface area contributed by atoms with Crippen molar-refractivity contribution in [1.82, 2.24) is 15.3 Å². The molecule has 3 rings (SSSR count). The molecule has 110 valence electrons. The van der Waals surface area contributed by atoms with Crippen molar-refractivity contribution < 1.29 is 0 Å². The maximum absolute atomic E-state index is 4.45. The zero-order valence-electron chi connectivity index (χ0n) is 12.3. The molecule has 0 saturated heterocycles. The topological polar surface area (TPSA) is 53.1 Å².